The van der Waals surface area contributed by atoms with Crippen LogP contribution in [0.4, 0.5) is 9.18 Å². The molecule has 408 valence electrons. The van der Waals surface area contributed by atoms with Crippen LogP contribution in [0, 0.1) is 23.6 Å². The van der Waals surface area contributed by atoms with Crippen molar-refractivity contribution in [2.45, 2.75) is 218 Å². The van der Waals surface area contributed by atoms with Gasteiger partial charge in [0.05, 0.1) is 18.2 Å². The zero-order chi connectivity index (χ0) is 52.1. The molecule has 6 unspecified atom stereocenters. The van der Waals surface area contributed by atoms with E-state index in [0.717, 1.165) is 87.3 Å². The summed E-state index contributed by atoms with van der Waals surface area (Å²) in [4.78, 5) is 36.4. The van der Waals surface area contributed by atoms with E-state index in [9.17, 15) is 19.4 Å². The van der Waals surface area contributed by atoms with Crippen molar-refractivity contribution >= 4 is 17.7 Å². The second-order valence-electron chi connectivity index (χ2n) is 20.9. The Morgan fingerprint density at radius 1 is 0.808 bits per heavy atom. The third-order valence-electron chi connectivity index (χ3n) is 15.4. The van der Waals surface area contributed by atoms with Crippen molar-refractivity contribution in [2.24, 2.45) is 22.9 Å². The number of rotatable bonds is 38. The third kappa shape index (κ3) is 18.2. The van der Waals surface area contributed by atoms with E-state index in [1.807, 2.05) is 24.0 Å². The molecule has 6 atom stereocenters. The minimum absolute atomic E-state index is 0.00378. The topological polar surface area (TPSA) is 139 Å². The van der Waals surface area contributed by atoms with Gasteiger partial charge in [-0.3, -0.25) is 4.79 Å². The van der Waals surface area contributed by atoms with Crippen molar-refractivity contribution in [1.82, 2.24) is 10.2 Å². The number of allylic oxidation sites excluding steroid dienone is 1. The summed E-state index contributed by atoms with van der Waals surface area (Å²) in [6, 6.07) is 11.2. The van der Waals surface area contributed by atoms with E-state index < -0.39 is 23.8 Å². The van der Waals surface area contributed by atoms with Crippen molar-refractivity contribution in [3.63, 3.8) is 0 Å². The zero-order valence-electron chi connectivity index (χ0n) is 45.2. The van der Waals surface area contributed by atoms with Gasteiger partial charge in [-0.05, 0) is 98.8 Å². The van der Waals surface area contributed by atoms with Crippen LogP contribution in [0.5, 0.6) is 11.5 Å². The lowest BCUT2D eigenvalue weighted by Crippen LogP contribution is -2.70. The van der Waals surface area contributed by atoms with Crippen LogP contribution in [0.3, 0.4) is 0 Å². The van der Waals surface area contributed by atoms with Crippen molar-refractivity contribution in [3.8, 4) is 11.5 Å². The quantitative estimate of drug-likeness (QED) is 0.0343. The second kappa shape index (κ2) is 33.6. The van der Waals surface area contributed by atoms with Gasteiger partial charge in [0.2, 0.25) is 11.7 Å². The van der Waals surface area contributed by atoms with Gasteiger partial charge in [0.1, 0.15) is 30.0 Å². The Kier molecular flexibility index (Phi) is 27.5. The van der Waals surface area contributed by atoms with Crippen molar-refractivity contribution in [1.29, 1.82) is 0 Å². The predicted octanol–water partition coefficient (Wildman–Crippen LogP) is 14.4. The molecule has 1 heterocycles. The van der Waals surface area contributed by atoms with Crippen LogP contribution in [-0.2, 0) is 20.9 Å². The average Bonchev–Trinajstić information content (AvgIpc) is 3.39. The van der Waals surface area contributed by atoms with Crippen LogP contribution in [0.2, 0.25) is 0 Å². The molecule has 2 aliphatic carbocycles. The number of hydrogen-bond acceptors (Lipinski definition) is 9. The largest absolute Gasteiger partial charge is 0.459 e. The van der Waals surface area contributed by atoms with Crippen LogP contribution in [0.15, 0.2) is 71.9 Å². The number of ether oxygens (including phenoxy) is 3. The number of aliphatic hydroxyl groups excluding tert-OH is 2. The number of hydrogen-bond donors (Lipinski definition) is 3. The first kappa shape index (κ1) is 59.6. The van der Waals surface area contributed by atoms with E-state index in [1.165, 1.54) is 89.2 Å². The molecule has 0 radical (unpaired) electrons. The maximum atomic E-state index is 15.1. The van der Waals surface area contributed by atoms with E-state index in [1.54, 1.807) is 24.3 Å². The summed E-state index contributed by atoms with van der Waals surface area (Å²) in [5, 5.41) is 27.9. The maximum absolute atomic E-state index is 15.1. The maximum Gasteiger partial charge on any atom is 0.412 e. The number of aliphatic hydroxyl groups is 2. The molecule has 11 nitrogen and oxygen atoms in total. The Balaban J connectivity index is 1.54. The smallest absolute Gasteiger partial charge is 0.412 e. The lowest BCUT2D eigenvalue weighted by Gasteiger charge is -2.60. The van der Waals surface area contributed by atoms with E-state index >= 15 is 4.79 Å². The van der Waals surface area contributed by atoms with Crippen molar-refractivity contribution in [2.75, 3.05) is 33.0 Å². The van der Waals surface area contributed by atoms with Crippen molar-refractivity contribution in [3.05, 3.63) is 83.7 Å². The molecule has 2 aromatic carbocycles. The van der Waals surface area contributed by atoms with Gasteiger partial charge in [-0.1, -0.05) is 165 Å². The normalized spacial score (nSPS) is 21.4. The molecule has 12 heteroatoms. The minimum Gasteiger partial charge on any atom is -0.459 e. The molecule has 1 saturated carbocycles. The molecule has 1 fully saturated rings. The number of oxime groups is 1. The number of unbranched alkanes of at least 4 members (excludes halogenated alkanes) is 19. The molecule has 5 rings (SSSR count). The summed E-state index contributed by atoms with van der Waals surface area (Å²) in [5.41, 5.74) is 3.30. The standard InChI is InChI=1S/C61H94FN3O8/c1-5-9-11-13-15-17-19-21-23-27-39-63-60(69)72-50-37-38-55-53(44-50)58-51(31-26-29-41-67)48(30-25-28-40-66)43-52-54(64-71-8-4)45-56(61(73-55,59(52)58)70-42-7-3)65(46-47-33-35-49(62)36-34-47)57(68)32-24-22-20-18-16-14-12-10-6-2/h7,33-38,43-44,48,51,56,58-59,66-67H,3,5-6,8-32,39-42,45-46H2,1-2,4H3,(H,63,69). The SMILES string of the molecule is C=CCOC12Oc3ccc(OC(=O)NCCCCCCCCCCCC)cc3C3C(CCCCO)C(CCCCO)C=C(C(=NOCC)CC1N(Cc1ccc(F)cc1)C(=O)CCCCCCCCCCC)C32. The monoisotopic (exact) mass is 1020 g/mol. The van der Waals surface area contributed by atoms with E-state index in [0.29, 0.717) is 49.6 Å². The molecular weight excluding hydrogens is 922 g/mol. The fourth-order valence-electron chi connectivity index (χ4n) is 11.7. The lowest BCUT2D eigenvalue weighted by molar-refractivity contribution is -0.258. The molecule has 0 spiro atoms. The van der Waals surface area contributed by atoms with Crippen LogP contribution in [0.25, 0.3) is 0 Å². The number of carbonyl (C=O) groups excluding carboxylic acids is 2. The Labute approximate surface area is 439 Å². The first-order chi connectivity index (χ1) is 35.7. The highest BCUT2D eigenvalue weighted by atomic mass is 19.1. The molecule has 73 heavy (non-hydrogen) atoms. The molecule has 1 aliphatic heterocycles. The van der Waals surface area contributed by atoms with Gasteiger partial charge in [0.15, 0.2) is 0 Å². The van der Waals surface area contributed by atoms with Crippen LogP contribution >= 0.6 is 0 Å². The Hall–Kier alpha value is -4.26. The van der Waals surface area contributed by atoms with Gasteiger partial charge in [0, 0.05) is 50.6 Å². The summed E-state index contributed by atoms with van der Waals surface area (Å²) in [6.07, 6.45) is 30.8. The fourth-order valence-corrected chi connectivity index (χ4v) is 11.7. The number of benzene rings is 2. The highest BCUT2D eigenvalue weighted by Gasteiger charge is 2.65. The van der Waals surface area contributed by atoms with Gasteiger partial charge < -0.3 is 39.5 Å². The van der Waals surface area contributed by atoms with E-state index in [-0.39, 0.29) is 62.3 Å². The Bertz CT molecular complexity index is 1980. The van der Waals surface area contributed by atoms with Gasteiger partial charge >= 0.3 is 6.09 Å². The number of halogens is 1. The Morgan fingerprint density at radius 2 is 1.42 bits per heavy atom. The fraction of sp³-hybridized carbons (Fsp3) is 0.689. The first-order valence-electron chi connectivity index (χ1n) is 28.9. The molecule has 0 aromatic heterocycles. The van der Waals surface area contributed by atoms with Crippen LogP contribution in [0.1, 0.15) is 211 Å². The van der Waals surface area contributed by atoms with E-state index in [4.69, 9.17) is 24.2 Å². The predicted molar refractivity (Wildman–Crippen MR) is 291 cm³/mol. The summed E-state index contributed by atoms with van der Waals surface area (Å²) in [5.74, 6) is -1.61. The third-order valence-corrected chi connectivity index (χ3v) is 15.4. The van der Waals surface area contributed by atoms with Crippen LogP contribution < -0.4 is 14.8 Å². The number of nitrogens with one attached hydrogen (secondary N) is 1. The molecule has 0 bridgehead atoms. The molecular formula is C61H94FN3O8. The molecule has 3 N–H and O–H groups in total. The summed E-state index contributed by atoms with van der Waals surface area (Å²) >= 11 is 0. The molecule has 3 aliphatic rings. The summed E-state index contributed by atoms with van der Waals surface area (Å²) in [7, 11) is 0. The van der Waals surface area contributed by atoms with Crippen LogP contribution in [-0.4, -0.2) is 77.6 Å². The number of nitrogens with zero attached hydrogens (tertiary/aromatic N) is 2. The lowest BCUT2D eigenvalue weighted by atomic mass is 9.55. The highest BCUT2D eigenvalue weighted by Crippen LogP contribution is 2.62. The molecule has 0 saturated heterocycles. The number of fused-ring (bicyclic) bond motifs is 2. The summed E-state index contributed by atoms with van der Waals surface area (Å²) < 4.78 is 35.1. The second-order valence-corrected chi connectivity index (χ2v) is 20.9. The number of amides is 2. The van der Waals surface area contributed by atoms with Gasteiger partial charge in [-0.25, -0.2) is 9.18 Å². The number of carbonyl (C=O) groups is 2. The zero-order valence-corrected chi connectivity index (χ0v) is 45.2. The minimum atomic E-state index is -1.45. The molecule has 2 aromatic rings. The van der Waals surface area contributed by atoms with Crippen molar-refractivity contribution < 1.29 is 43.2 Å². The first-order valence-corrected chi connectivity index (χ1v) is 28.9. The van der Waals surface area contributed by atoms with Gasteiger partial charge in [0.25, 0.3) is 0 Å². The summed E-state index contributed by atoms with van der Waals surface area (Å²) in [6.45, 7) is 11.8. The highest BCUT2D eigenvalue weighted by molar-refractivity contribution is 6.03. The van der Waals surface area contributed by atoms with Gasteiger partial charge in [-0.2, -0.15) is 0 Å². The van der Waals surface area contributed by atoms with Gasteiger partial charge in [-0.15, -0.1) is 6.58 Å². The van der Waals surface area contributed by atoms with E-state index in [2.05, 4.69) is 31.8 Å². The molecule has 2 amide bonds. The average molecular weight is 1020 g/mol. The Morgan fingerprint density at radius 3 is 2.04 bits per heavy atom.